The summed E-state index contributed by atoms with van der Waals surface area (Å²) in [6.07, 6.45) is 0. The molecule has 0 amide bonds. The summed E-state index contributed by atoms with van der Waals surface area (Å²) in [5, 5.41) is 25.1. The molecule has 6 nitrogen and oxygen atoms in total. The van der Waals surface area contributed by atoms with E-state index in [-0.39, 0.29) is 28.6 Å². The number of thioether (sulfide) groups is 2. The van der Waals surface area contributed by atoms with Crippen molar-refractivity contribution in [3.8, 4) is 0 Å². The third-order valence-electron chi connectivity index (χ3n) is 5.41. The summed E-state index contributed by atoms with van der Waals surface area (Å²) < 4.78 is 0. The van der Waals surface area contributed by atoms with E-state index in [2.05, 4.69) is 59.2 Å². The Hall–Kier alpha value is -3.04. The van der Waals surface area contributed by atoms with Gasteiger partial charge >= 0.3 is 29.0 Å². The maximum atomic E-state index is 9.74. The second-order valence-corrected chi connectivity index (χ2v) is 11.6. The molecule has 0 saturated carbocycles. The molecule has 4 aromatic carbocycles. The van der Waals surface area contributed by atoms with Gasteiger partial charge in [0.1, 0.15) is 0 Å². The molecule has 245 valence electrons. The molecule has 0 spiro atoms. The average Bonchev–Trinajstić information content (AvgIpc) is 3.06. The first-order valence-corrected chi connectivity index (χ1v) is 16.8. The Kier molecular flexibility index (Phi) is 27.7. The third-order valence-corrected chi connectivity index (χ3v) is 7.13. The maximum Gasteiger partial charge on any atom is 2.00 e. The second-order valence-electron chi connectivity index (χ2n) is 9.08. The fourth-order valence-electron chi connectivity index (χ4n) is 3.34. The van der Waals surface area contributed by atoms with Crippen LogP contribution in [-0.2, 0) is 52.8 Å². The van der Waals surface area contributed by atoms with Gasteiger partial charge in [0.15, 0.2) is 0 Å². The van der Waals surface area contributed by atoms with E-state index in [1.807, 2.05) is 86.6 Å². The quantitative estimate of drug-likeness (QED) is 0.128. The van der Waals surface area contributed by atoms with Crippen molar-refractivity contribution in [3.63, 3.8) is 0 Å². The molecule has 0 aliphatic carbocycles. The molecular weight excluding hydrogens is 652 g/mol. The number of benzene rings is 4. The second kappa shape index (κ2) is 29.7. The van der Waals surface area contributed by atoms with Crippen LogP contribution in [0.25, 0.3) is 10.6 Å². The monoisotopic (exact) mass is 695 g/mol. The maximum absolute atomic E-state index is 9.74. The minimum atomic E-state index is -0.730. The first kappa shape index (κ1) is 42.0. The average molecular weight is 696 g/mol. The van der Waals surface area contributed by atoms with E-state index in [0.717, 1.165) is 37.7 Å². The molecule has 0 aliphatic rings. The topological polar surface area (TPSA) is 103 Å². The van der Waals surface area contributed by atoms with Gasteiger partial charge in [-0.25, -0.2) is 0 Å². The number of carboxylic acids is 2. The number of nitrogens with zero attached hydrogens (tertiary/aromatic N) is 2. The van der Waals surface area contributed by atoms with Crippen molar-refractivity contribution in [2.24, 2.45) is 0 Å². The Morgan fingerprint density at radius 2 is 0.711 bits per heavy atom. The molecule has 0 saturated heterocycles. The minimum Gasteiger partial charge on any atom is -0.655 e. The van der Waals surface area contributed by atoms with Crippen LogP contribution in [0.1, 0.15) is 36.1 Å². The molecule has 4 rings (SSSR count). The Balaban J connectivity index is 0.000000608. The molecule has 0 aliphatic heterocycles. The summed E-state index contributed by atoms with van der Waals surface area (Å²) in [6.45, 7) is 7.08. The van der Waals surface area contributed by atoms with Crippen molar-refractivity contribution in [1.82, 2.24) is 0 Å². The van der Waals surface area contributed by atoms with Gasteiger partial charge in [-0.3, -0.25) is 9.59 Å². The summed E-state index contributed by atoms with van der Waals surface area (Å²) in [6, 6.07) is 41.4. The van der Waals surface area contributed by atoms with E-state index in [1.165, 1.54) is 45.8 Å². The first-order chi connectivity index (χ1) is 21.4. The van der Waals surface area contributed by atoms with Gasteiger partial charge in [0.05, 0.1) is 11.5 Å². The fraction of sp³-hybridized carbons (Fsp3) is 0.278. The normalized spacial score (nSPS) is 9.47. The van der Waals surface area contributed by atoms with Crippen molar-refractivity contribution in [2.45, 2.75) is 40.0 Å². The Morgan fingerprint density at radius 3 is 0.867 bits per heavy atom. The molecular formula is C36H44CuN2O4S2. The van der Waals surface area contributed by atoms with Crippen LogP contribution in [0.5, 0.6) is 0 Å². The number of hydrogen-bond donors (Lipinski definition) is 2. The summed E-state index contributed by atoms with van der Waals surface area (Å²) in [7, 11) is 0. The number of rotatable bonds is 14. The van der Waals surface area contributed by atoms with Crippen molar-refractivity contribution >= 4 is 35.5 Å². The van der Waals surface area contributed by atoms with Gasteiger partial charge in [-0.1, -0.05) is 157 Å². The minimum absolute atomic E-state index is 0. The fourth-order valence-corrected chi connectivity index (χ4v) is 4.10. The van der Waals surface area contributed by atoms with Crippen molar-refractivity contribution in [1.29, 1.82) is 0 Å². The molecule has 45 heavy (non-hydrogen) atoms. The van der Waals surface area contributed by atoms with Crippen LogP contribution < -0.4 is 0 Å². The van der Waals surface area contributed by atoms with Gasteiger partial charge < -0.3 is 20.8 Å². The Labute approximate surface area is 288 Å². The van der Waals surface area contributed by atoms with E-state index >= 15 is 0 Å². The van der Waals surface area contributed by atoms with Crippen LogP contribution in [0.2, 0.25) is 0 Å². The van der Waals surface area contributed by atoms with Crippen LogP contribution in [0, 0.1) is 0 Å². The zero-order chi connectivity index (χ0) is 32.1. The standard InChI is InChI=1S/2C14H14N.2C4H8O2S.Cu/c2*1-3-7-13(8-4-1)11-15-12-14-9-5-2-6-10-14;2*1-2-7-3-4(5)6;/h2*1-10H,11-12H2;2*2-3H2,1H3,(H,5,6);/q2*-1;;;+2. The Morgan fingerprint density at radius 1 is 0.489 bits per heavy atom. The molecule has 9 heteroatoms. The van der Waals surface area contributed by atoms with E-state index in [9.17, 15) is 9.59 Å². The number of aliphatic carboxylic acids is 2. The third kappa shape index (κ3) is 25.9. The van der Waals surface area contributed by atoms with Crippen LogP contribution in [0.3, 0.4) is 0 Å². The van der Waals surface area contributed by atoms with E-state index < -0.39 is 11.9 Å². The predicted molar refractivity (Wildman–Crippen MR) is 189 cm³/mol. The van der Waals surface area contributed by atoms with Gasteiger partial charge in [0.25, 0.3) is 0 Å². The zero-order valence-electron chi connectivity index (χ0n) is 25.9. The molecule has 4 aromatic rings. The summed E-state index contributed by atoms with van der Waals surface area (Å²) in [5.74, 6) is 0.768. The number of carbonyl (C=O) groups is 2. The molecule has 1 radical (unpaired) electrons. The summed E-state index contributed by atoms with van der Waals surface area (Å²) in [4.78, 5) is 19.5. The molecule has 0 aromatic heterocycles. The molecule has 0 heterocycles. The van der Waals surface area contributed by atoms with Crippen molar-refractivity contribution in [2.75, 3.05) is 23.0 Å². The molecule has 0 atom stereocenters. The van der Waals surface area contributed by atoms with Crippen LogP contribution in [-0.4, -0.2) is 45.2 Å². The zero-order valence-corrected chi connectivity index (χ0v) is 28.5. The van der Waals surface area contributed by atoms with Gasteiger partial charge in [-0.05, 0) is 11.5 Å². The van der Waals surface area contributed by atoms with Crippen molar-refractivity contribution in [3.05, 3.63) is 154 Å². The smallest absolute Gasteiger partial charge is 0.655 e. The van der Waals surface area contributed by atoms with Crippen molar-refractivity contribution < 1.29 is 36.9 Å². The molecule has 2 N–H and O–H groups in total. The predicted octanol–water partition coefficient (Wildman–Crippen LogP) is 9.17. The molecule has 0 unspecified atom stereocenters. The van der Waals surface area contributed by atoms with E-state index in [0.29, 0.717) is 0 Å². The summed E-state index contributed by atoms with van der Waals surface area (Å²) >= 11 is 2.83. The Bertz CT molecular complexity index is 1060. The molecule has 0 bridgehead atoms. The van der Waals surface area contributed by atoms with Crippen LogP contribution in [0.15, 0.2) is 121 Å². The van der Waals surface area contributed by atoms with Gasteiger partial charge in [-0.2, -0.15) is 23.5 Å². The van der Waals surface area contributed by atoms with Gasteiger partial charge in [-0.15, -0.1) is 26.2 Å². The SMILES string of the molecule is CCSCC(=O)O.CCSCC(=O)O.[Cu+2].c1ccc(C[N-]Cc2ccccc2)cc1.c1ccc(C[N-]Cc2ccccc2)cc1. The van der Waals surface area contributed by atoms with Crippen LogP contribution >= 0.6 is 23.5 Å². The number of hydrogen-bond acceptors (Lipinski definition) is 4. The largest absolute Gasteiger partial charge is 2.00 e. The van der Waals surface area contributed by atoms with E-state index in [4.69, 9.17) is 10.2 Å². The van der Waals surface area contributed by atoms with Gasteiger partial charge in [0.2, 0.25) is 0 Å². The van der Waals surface area contributed by atoms with Crippen LogP contribution in [0.4, 0.5) is 0 Å². The summed E-state index contributed by atoms with van der Waals surface area (Å²) in [5.41, 5.74) is 5.09. The first-order valence-electron chi connectivity index (χ1n) is 14.5. The number of carboxylic acid groups (broad SMARTS) is 2. The molecule has 0 fully saturated rings. The van der Waals surface area contributed by atoms with Gasteiger partial charge in [0, 0.05) is 0 Å². The van der Waals surface area contributed by atoms with E-state index in [1.54, 1.807) is 0 Å².